The Labute approximate surface area is 186 Å². The molecule has 0 aliphatic rings. The van der Waals surface area contributed by atoms with E-state index in [4.69, 9.17) is 9.47 Å². The molecule has 0 saturated carbocycles. The smallest absolute Gasteiger partial charge is 0.305 e. The van der Waals surface area contributed by atoms with E-state index in [0.29, 0.717) is 13.0 Å². The highest BCUT2D eigenvalue weighted by Gasteiger charge is 2.17. The molecule has 162 valence electrons. The van der Waals surface area contributed by atoms with E-state index >= 15 is 0 Å². The van der Waals surface area contributed by atoms with Gasteiger partial charge in [-0.2, -0.15) is 0 Å². The summed E-state index contributed by atoms with van der Waals surface area (Å²) in [6.45, 7) is 2.70. The van der Waals surface area contributed by atoms with E-state index in [1.165, 1.54) is 24.0 Å². The van der Waals surface area contributed by atoms with Gasteiger partial charge in [-0.25, -0.2) is 0 Å². The molecule has 0 aliphatic carbocycles. The van der Waals surface area contributed by atoms with Crippen LogP contribution in [0, 0.1) is 0 Å². The Kier molecular flexibility index (Phi) is 9.18. The third kappa shape index (κ3) is 7.60. The van der Waals surface area contributed by atoms with Gasteiger partial charge in [-0.1, -0.05) is 86.8 Å². The molecular formula is C28H32O3. The van der Waals surface area contributed by atoms with Gasteiger partial charge in [0.1, 0.15) is 11.5 Å². The summed E-state index contributed by atoms with van der Waals surface area (Å²) in [5.74, 6) is 1.64. The third-order valence-electron chi connectivity index (χ3n) is 5.36. The molecule has 0 saturated heterocycles. The van der Waals surface area contributed by atoms with E-state index in [9.17, 15) is 4.79 Å². The van der Waals surface area contributed by atoms with Crippen LogP contribution in [-0.4, -0.2) is 12.6 Å². The summed E-state index contributed by atoms with van der Waals surface area (Å²) in [6, 6.07) is 28.3. The monoisotopic (exact) mass is 416 g/mol. The Morgan fingerprint density at radius 1 is 0.742 bits per heavy atom. The van der Waals surface area contributed by atoms with Gasteiger partial charge in [-0.05, 0) is 48.2 Å². The average Bonchev–Trinajstić information content (AvgIpc) is 2.81. The fourth-order valence-corrected chi connectivity index (χ4v) is 3.65. The number of hydrogen-bond acceptors (Lipinski definition) is 3. The number of ether oxygens (including phenoxy) is 2. The first-order valence-corrected chi connectivity index (χ1v) is 11.3. The van der Waals surface area contributed by atoms with Crippen LogP contribution >= 0.6 is 0 Å². The second kappa shape index (κ2) is 12.6. The quantitative estimate of drug-likeness (QED) is 0.226. The van der Waals surface area contributed by atoms with Gasteiger partial charge in [0, 0.05) is 12.3 Å². The highest BCUT2D eigenvalue weighted by Crippen LogP contribution is 2.31. The van der Waals surface area contributed by atoms with E-state index in [1.807, 2.05) is 60.7 Å². The molecule has 3 heteroatoms. The number of unbranched alkanes of at least 4 members (excludes halogenated alkanes) is 3. The van der Waals surface area contributed by atoms with Crippen molar-refractivity contribution in [3.8, 4) is 11.5 Å². The molecule has 0 aliphatic heterocycles. The molecule has 3 aromatic rings. The molecule has 3 aromatic carbocycles. The molecule has 0 heterocycles. The van der Waals surface area contributed by atoms with Crippen molar-refractivity contribution in [2.24, 2.45) is 0 Å². The summed E-state index contributed by atoms with van der Waals surface area (Å²) in [4.78, 5) is 12.3. The summed E-state index contributed by atoms with van der Waals surface area (Å²) in [5.41, 5.74) is 2.37. The van der Waals surface area contributed by atoms with E-state index in [0.717, 1.165) is 30.8 Å². The molecule has 3 rings (SSSR count). The number of hydrogen-bond donors (Lipinski definition) is 0. The van der Waals surface area contributed by atoms with Crippen molar-refractivity contribution in [1.29, 1.82) is 0 Å². The Bertz CT molecular complexity index is 889. The summed E-state index contributed by atoms with van der Waals surface area (Å²) >= 11 is 0. The fraction of sp³-hybridized carbons (Fsp3) is 0.321. The molecule has 0 amide bonds. The van der Waals surface area contributed by atoms with E-state index in [-0.39, 0.29) is 11.9 Å². The molecule has 1 atom stereocenters. The minimum Gasteiger partial charge on any atom is -0.466 e. The maximum atomic E-state index is 12.3. The summed E-state index contributed by atoms with van der Waals surface area (Å²) < 4.78 is 11.4. The average molecular weight is 417 g/mol. The molecule has 3 nitrogen and oxygen atoms in total. The van der Waals surface area contributed by atoms with Gasteiger partial charge in [-0.3, -0.25) is 4.79 Å². The van der Waals surface area contributed by atoms with Crippen LogP contribution in [0.25, 0.3) is 0 Å². The molecule has 0 radical (unpaired) electrons. The van der Waals surface area contributed by atoms with Crippen LogP contribution in [0.5, 0.6) is 11.5 Å². The fourth-order valence-electron chi connectivity index (χ4n) is 3.65. The lowest BCUT2D eigenvalue weighted by Gasteiger charge is -2.18. The van der Waals surface area contributed by atoms with Crippen LogP contribution in [0.2, 0.25) is 0 Å². The molecule has 0 aromatic heterocycles. The Morgan fingerprint density at radius 2 is 1.35 bits per heavy atom. The predicted octanol–water partition coefficient (Wildman–Crippen LogP) is 7.51. The molecule has 0 N–H and O–H groups in total. The van der Waals surface area contributed by atoms with Crippen LogP contribution in [0.4, 0.5) is 0 Å². The Morgan fingerprint density at radius 3 is 2.03 bits per heavy atom. The second-order valence-corrected chi connectivity index (χ2v) is 7.77. The van der Waals surface area contributed by atoms with Gasteiger partial charge < -0.3 is 9.47 Å². The number of esters is 1. The Hall–Kier alpha value is -3.07. The SMILES string of the molecule is CCCCCCOC(=O)CCC(c1ccccc1)c1ccc(Oc2ccccc2)cc1. The minimum absolute atomic E-state index is 0.110. The number of para-hydroxylation sites is 1. The number of rotatable bonds is 12. The summed E-state index contributed by atoms with van der Waals surface area (Å²) in [6.07, 6.45) is 5.57. The van der Waals surface area contributed by atoms with Crippen molar-refractivity contribution in [2.75, 3.05) is 6.61 Å². The lowest BCUT2D eigenvalue weighted by molar-refractivity contribution is -0.143. The van der Waals surface area contributed by atoms with Crippen LogP contribution in [-0.2, 0) is 9.53 Å². The number of benzene rings is 3. The minimum atomic E-state index is -0.110. The van der Waals surface area contributed by atoms with E-state index < -0.39 is 0 Å². The van der Waals surface area contributed by atoms with Crippen LogP contribution in [0.3, 0.4) is 0 Å². The van der Waals surface area contributed by atoms with Gasteiger partial charge in [0.05, 0.1) is 6.61 Å². The molecular weight excluding hydrogens is 384 g/mol. The normalized spacial score (nSPS) is 11.6. The van der Waals surface area contributed by atoms with Gasteiger partial charge in [0.2, 0.25) is 0 Å². The zero-order valence-electron chi connectivity index (χ0n) is 18.3. The molecule has 1 unspecified atom stereocenters. The van der Waals surface area contributed by atoms with Gasteiger partial charge in [0.25, 0.3) is 0 Å². The van der Waals surface area contributed by atoms with Crippen LogP contribution in [0.15, 0.2) is 84.9 Å². The third-order valence-corrected chi connectivity index (χ3v) is 5.36. The van der Waals surface area contributed by atoms with Crippen LogP contribution in [0.1, 0.15) is 62.5 Å². The highest BCUT2D eigenvalue weighted by molar-refractivity contribution is 5.69. The van der Waals surface area contributed by atoms with Crippen molar-refractivity contribution < 1.29 is 14.3 Å². The van der Waals surface area contributed by atoms with Gasteiger partial charge >= 0.3 is 5.97 Å². The molecule has 0 spiro atoms. The zero-order chi connectivity index (χ0) is 21.7. The van der Waals surface area contributed by atoms with E-state index in [2.05, 4.69) is 31.2 Å². The first kappa shape index (κ1) is 22.6. The predicted molar refractivity (Wildman–Crippen MR) is 126 cm³/mol. The van der Waals surface area contributed by atoms with Crippen molar-refractivity contribution in [3.05, 3.63) is 96.1 Å². The van der Waals surface area contributed by atoms with Crippen molar-refractivity contribution >= 4 is 5.97 Å². The first-order chi connectivity index (χ1) is 15.3. The zero-order valence-corrected chi connectivity index (χ0v) is 18.3. The highest BCUT2D eigenvalue weighted by atomic mass is 16.5. The number of carbonyl (C=O) groups is 1. The summed E-state index contributed by atoms with van der Waals surface area (Å²) in [5, 5.41) is 0. The lowest BCUT2D eigenvalue weighted by Crippen LogP contribution is -2.09. The Balaban J connectivity index is 1.62. The molecule has 0 bridgehead atoms. The molecule has 0 fully saturated rings. The van der Waals surface area contributed by atoms with Crippen LogP contribution < -0.4 is 4.74 Å². The lowest BCUT2D eigenvalue weighted by atomic mass is 9.87. The van der Waals surface area contributed by atoms with Crippen molar-refractivity contribution in [1.82, 2.24) is 0 Å². The van der Waals surface area contributed by atoms with E-state index in [1.54, 1.807) is 0 Å². The summed E-state index contributed by atoms with van der Waals surface area (Å²) in [7, 11) is 0. The maximum absolute atomic E-state index is 12.3. The van der Waals surface area contributed by atoms with Gasteiger partial charge in [-0.15, -0.1) is 0 Å². The van der Waals surface area contributed by atoms with Crippen molar-refractivity contribution in [2.45, 2.75) is 51.4 Å². The maximum Gasteiger partial charge on any atom is 0.305 e. The standard InChI is InChI=1S/C28H32O3/c1-2-3-4-11-22-30-28(29)21-20-27(23-12-7-5-8-13-23)24-16-18-26(19-17-24)31-25-14-9-6-10-15-25/h5-10,12-19,27H,2-4,11,20-22H2,1H3. The first-order valence-electron chi connectivity index (χ1n) is 11.3. The number of carbonyl (C=O) groups excluding carboxylic acids is 1. The van der Waals surface area contributed by atoms with Gasteiger partial charge in [0.15, 0.2) is 0 Å². The van der Waals surface area contributed by atoms with Crippen molar-refractivity contribution in [3.63, 3.8) is 0 Å². The topological polar surface area (TPSA) is 35.5 Å². The largest absolute Gasteiger partial charge is 0.466 e. The molecule has 31 heavy (non-hydrogen) atoms. The second-order valence-electron chi connectivity index (χ2n) is 7.77.